The minimum absolute atomic E-state index is 0.499. The number of aryl methyl sites for hydroxylation is 1. The van der Waals surface area contributed by atoms with Crippen molar-refractivity contribution in [3.05, 3.63) is 40.3 Å². The summed E-state index contributed by atoms with van der Waals surface area (Å²) >= 11 is 11.9. The van der Waals surface area contributed by atoms with Crippen LogP contribution in [0.4, 0.5) is 5.82 Å². The summed E-state index contributed by atoms with van der Waals surface area (Å²) in [6.45, 7) is 4.68. The number of nitrogens with zero attached hydrogens (tertiary/aromatic N) is 4. The average Bonchev–Trinajstić information content (AvgIpc) is 2.96. The molecule has 0 bridgehead atoms. The number of anilines is 1. The van der Waals surface area contributed by atoms with Gasteiger partial charge in [0.15, 0.2) is 5.96 Å². The first-order valence-corrected chi connectivity index (χ1v) is 8.39. The summed E-state index contributed by atoms with van der Waals surface area (Å²) in [6, 6.07) is 3.61. The summed E-state index contributed by atoms with van der Waals surface area (Å²) in [6.07, 6.45) is 3.32. The number of hydrogen-bond donors (Lipinski definition) is 3. The fourth-order valence-electron chi connectivity index (χ4n) is 1.96. The fourth-order valence-corrected chi connectivity index (χ4v) is 2.41. The molecule has 2 rings (SSSR count). The van der Waals surface area contributed by atoms with Gasteiger partial charge >= 0.3 is 0 Å². The monoisotopic (exact) mass is 369 g/mol. The molecule has 3 N–H and O–H groups in total. The van der Waals surface area contributed by atoms with E-state index < -0.39 is 0 Å². The van der Waals surface area contributed by atoms with E-state index in [0.717, 1.165) is 18.2 Å². The number of rotatable bonds is 7. The van der Waals surface area contributed by atoms with Crippen molar-refractivity contribution in [1.82, 2.24) is 25.4 Å². The maximum Gasteiger partial charge on any atom is 0.191 e. The Morgan fingerprint density at radius 2 is 2.12 bits per heavy atom. The summed E-state index contributed by atoms with van der Waals surface area (Å²) in [4.78, 5) is 8.69. The van der Waals surface area contributed by atoms with Crippen LogP contribution in [0.5, 0.6) is 0 Å². The minimum atomic E-state index is 0.499. The largest absolute Gasteiger partial charge is 0.367 e. The lowest BCUT2D eigenvalue weighted by Crippen LogP contribution is -2.39. The fraction of sp³-hybridized carbons (Fsp3) is 0.400. The van der Waals surface area contributed by atoms with Crippen LogP contribution in [-0.4, -0.2) is 40.4 Å². The smallest absolute Gasteiger partial charge is 0.191 e. The van der Waals surface area contributed by atoms with E-state index in [4.69, 9.17) is 23.2 Å². The van der Waals surface area contributed by atoms with Gasteiger partial charge in [-0.1, -0.05) is 23.2 Å². The number of hydrogen-bond acceptors (Lipinski definition) is 4. The Bertz CT molecular complexity index is 684. The Balaban J connectivity index is 1.81. The van der Waals surface area contributed by atoms with Crippen molar-refractivity contribution in [3.8, 4) is 0 Å². The molecule has 0 saturated carbocycles. The molecule has 0 aliphatic heterocycles. The van der Waals surface area contributed by atoms with E-state index in [2.05, 4.69) is 31.0 Å². The third-order valence-corrected chi connectivity index (χ3v) is 3.68. The molecule has 2 aromatic heterocycles. The number of guanidine groups is 1. The molecular formula is C15H21Cl2N7. The quantitative estimate of drug-likeness (QED) is 0.396. The lowest BCUT2D eigenvalue weighted by molar-refractivity contribution is 0.707. The zero-order chi connectivity index (χ0) is 17.4. The Morgan fingerprint density at radius 3 is 2.79 bits per heavy atom. The number of aromatic nitrogens is 3. The van der Waals surface area contributed by atoms with Crippen LogP contribution in [0, 0.1) is 0 Å². The van der Waals surface area contributed by atoms with Crippen LogP contribution in [0.1, 0.15) is 12.6 Å². The Labute approximate surface area is 151 Å². The summed E-state index contributed by atoms with van der Waals surface area (Å²) < 4.78 is 1.81. The van der Waals surface area contributed by atoms with Gasteiger partial charge in [0.25, 0.3) is 0 Å². The van der Waals surface area contributed by atoms with E-state index >= 15 is 0 Å². The second-order valence-corrected chi connectivity index (χ2v) is 5.82. The molecule has 0 atom stereocenters. The zero-order valence-corrected chi connectivity index (χ0v) is 15.2. The van der Waals surface area contributed by atoms with Crippen molar-refractivity contribution < 1.29 is 0 Å². The van der Waals surface area contributed by atoms with Gasteiger partial charge in [-0.05, 0) is 19.1 Å². The van der Waals surface area contributed by atoms with Gasteiger partial charge in [-0.15, -0.1) is 0 Å². The molecule has 2 aromatic rings. The van der Waals surface area contributed by atoms with Crippen LogP contribution in [-0.2, 0) is 13.6 Å². The first kappa shape index (κ1) is 18.4. The highest BCUT2D eigenvalue weighted by molar-refractivity contribution is 6.35. The lowest BCUT2D eigenvalue weighted by Gasteiger charge is -2.12. The number of aliphatic imine (C=N–C) groups is 1. The van der Waals surface area contributed by atoms with E-state index in [0.29, 0.717) is 35.5 Å². The molecule has 7 nitrogen and oxygen atoms in total. The second-order valence-electron chi connectivity index (χ2n) is 4.98. The van der Waals surface area contributed by atoms with Gasteiger partial charge in [0.1, 0.15) is 5.82 Å². The number of halogens is 2. The summed E-state index contributed by atoms with van der Waals surface area (Å²) in [7, 11) is 1.90. The predicted molar refractivity (Wildman–Crippen MR) is 98.8 cm³/mol. The normalized spacial score (nSPS) is 11.4. The van der Waals surface area contributed by atoms with Crippen LogP contribution in [0.15, 0.2) is 29.5 Å². The molecule has 0 fully saturated rings. The van der Waals surface area contributed by atoms with Crippen molar-refractivity contribution >= 4 is 35.0 Å². The van der Waals surface area contributed by atoms with Crippen molar-refractivity contribution in [2.24, 2.45) is 12.0 Å². The molecular weight excluding hydrogens is 349 g/mol. The van der Waals surface area contributed by atoms with Crippen LogP contribution in [0.3, 0.4) is 0 Å². The number of nitrogens with one attached hydrogen (secondary N) is 3. The predicted octanol–water partition coefficient (Wildman–Crippen LogP) is 2.29. The van der Waals surface area contributed by atoms with E-state index in [1.807, 2.05) is 24.7 Å². The van der Waals surface area contributed by atoms with Crippen molar-refractivity contribution in [3.63, 3.8) is 0 Å². The van der Waals surface area contributed by atoms with Crippen molar-refractivity contribution in [2.75, 3.05) is 25.0 Å². The molecule has 0 saturated heterocycles. The second kappa shape index (κ2) is 9.34. The summed E-state index contributed by atoms with van der Waals surface area (Å²) in [5.74, 6) is 1.36. The van der Waals surface area contributed by atoms with E-state index in [1.165, 1.54) is 0 Å². The molecule has 2 heterocycles. The van der Waals surface area contributed by atoms with Crippen molar-refractivity contribution in [1.29, 1.82) is 0 Å². The van der Waals surface area contributed by atoms with Gasteiger partial charge in [-0.25, -0.2) is 9.98 Å². The third-order valence-electron chi connectivity index (χ3n) is 3.18. The molecule has 9 heteroatoms. The van der Waals surface area contributed by atoms with Crippen LogP contribution in [0.2, 0.25) is 10.0 Å². The molecule has 0 aliphatic carbocycles. The van der Waals surface area contributed by atoms with Crippen LogP contribution in [0.25, 0.3) is 0 Å². The highest BCUT2D eigenvalue weighted by Crippen LogP contribution is 2.21. The molecule has 0 spiro atoms. The van der Waals surface area contributed by atoms with Gasteiger partial charge in [0.05, 0.1) is 22.3 Å². The van der Waals surface area contributed by atoms with Gasteiger partial charge in [0, 0.05) is 39.1 Å². The highest BCUT2D eigenvalue weighted by Gasteiger charge is 2.03. The van der Waals surface area contributed by atoms with E-state index in [9.17, 15) is 0 Å². The number of pyridine rings is 1. The van der Waals surface area contributed by atoms with Gasteiger partial charge in [0.2, 0.25) is 0 Å². The molecule has 0 unspecified atom stereocenters. The van der Waals surface area contributed by atoms with Gasteiger partial charge in [-0.3, -0.25) is 4.68 Å². The maximum atomic E-state index is 6.07. The summed E-state index contributed by atoms with van der Waals surface area (Å²) in [5, 5.41) is 14.8. The Morgan fingerprint density at radius 1 is 1.29 bits per heavy atom. The van der Waals surface area contributed by atoms with Gasteiger partial charge in [-0.2, -0.15) is 5.10 Å². The average molecular weight is 370 g/mol. The minimum Gasteiger partial charge on any atom is -0.367 e. The third kappa shape index (κ3) is 5.58. The SMILES string of the molecule is CCNC(=NCc1ccnn1C)NCCNc1ncc(Cl)cc1Cl. The topological polar surface area (TPSA) is 79.2 Å². The Hall–Kier alpha value is -1.99. The van der Waals surface area contributed by atoms with Crippen LogP contribution < -0.4 is 16.0 Å². The first-order valence-electron chi connectivity index (χ1n) is 7.64. The summed E-state index contributed by atoms with van der Waals surface area (Å²) in [5.41, 5.74) is 1.04. The molecule has 0 aliphatic rings. The maximum absolute atomic E-state index is 6.07. The molecule has 130 valence electrons. The van der Waals surface area contributed by atoms with Crippen LogP contribution >= 0.6 is 23.2 Å². The van der Waals surface area contributed by atoms with Crippen molar-refractivity contribution in [2.45, 2.75) is 13.5 Å². The first-order chi connectivity index (χ1) is 11.6. The van der Waals surface area contributed by atoms with Gasteiger partial charge < -0.3 is 16.0 Å². The van der Waals surface area contributed by atoms with E-state index in [-0.39, 0.29) is 0 Å². The standard InChI is InChI=1S/C15H21Cl2N7/c1-3-18-15(22-10-12-4-5-23-24(12)2)20-7-6-19-14-13(17)8-11(16)9-21-14/h4-5,8-9H,3,6-7,10H2,1-2H3,(H,19,21)(H2,18,20,22). The molecule has 0 amide bonds. The highest BCUT2D eigenvalue weighted by atomic mass is 35.5. The Kier molecular flexibility index (Phi) is 7.14. The van der Waals surface area contributed by atoms with E-state index in [1.54, 1.807) is 18.5 Å². The molecule has 0 radical (unpaired) electrons. The molecule has 0 aromatic carbocycles. The zero-order valence-electron chi connectivity index (χ0n) is 13.7. The molecule has 24 heavy (non-hydrogen) atoms. The lowest BCUT2D eigenvalue weighted by atomic mass is 10.4.